The van der Waals surface area contributed by atoms with Crippen LogP contribution in [0.15, 0.2) is 76.6 Å². The van der Waals surface area contributed by atoms with Gasteiger partial charge in [0, 0.05) is 22.0 Å². The van der Waals surface area contributed by atoms with Gasteiger partial charge in [0.25, 0.3) is 0 Å². The molecule has 0 saturated carbocycles. The number of hydrogen-bond acceptors (Lipinski definition) is 7. The third-order valence-corrected chi connectivity index (χ3v) is 10.5. The van der Waals surface area contributed by atoms with Crippen molar-refractivity contribution in [2.45, 2.75) is 22.7 Å². The lowest BCUT2D eigenvalue weighted by Crippen LogP contribution is -2.33. The van der Waals surface area contributed by atoms with Crippen LogP contribution in [0.5, 0.6) is 5.75 Å². The number of nitrogens with one attached hydrogen (secondary N) is 1. The summed E-state index contributed by atoms with van der Waals surface area (Å²) < 4.78 is 20.6. The second-order valence-electron chi connectivity index (χ2n) is 9.57. The molecule has 3 heterocycles. The van der Waals surface area contributed by atoms with Crippen molar-refractivity contribution in [2.75, 3.05) is 17.3 Å². The number of benzene rings is 3. The van der Waals surface area contributed by atoms with Gasteiger partial charge < -0.3 is 10.1 Å². The molecule has 2 aliphatic rings. The summed E-state index contributed by atoms with van der Waals surface area (Å²) in [4.78, 5) is 55.3. The summed E-state index contributed by atoms with van der Waals surface area (Å²) in [6.07, 6.45) is 0. The van der Waals surface area contributed by atoms with Gasteiger partial charge >= 0.3 is 4.87 Å². The number of amides is 3. The zero-order valence-corrected chi connectivity index (χ0v) is 24.8. The van der Waals surface area contributed by atoms with Gasteiger partial charge in [0.1, 0.15) is 23.4 Å². The minimum Gasteiger partial charge on any atom is -0.496 e. The van der Waals surface area contributed by atoms with Gasteiger partial charge in [0.05, 0.1) is 33.8 Å². The summed E-state index contributed by atoms with van der Waals surface area (Å²) in [5.74, 6) is -3.03. The number of anilines is 2. The van der Waals surface area contributed by atoms with E-state index in [0.717, 1.165) is 28.0 Å². The van der Waals surface area contributed by atoms with E-state index in [9.17, 15) is 23.6 Å². The number of imide groups is 1. The molecule has 1 saturated heterocycles. The zero-order valence-electron chi connectivity index (χ0n) is 21.7. The molecule has 6 rings (SSSR count). The summed E-state index contributed by atoms with van der Waals surface area (Å²) in [7, 11) is 1.50. The second kappa shape index (κ2) is 11.2. The first kappa shape index (κ1) is 28.5. The van der Waals surface area contributed by atoms with Crippen LogP contribution in [-0.4, -0.2) is 34.6 Å². The van der Waals surface area contributed by atoms with Crippen LogP contribution >= 0.6 is 46.3 Å². The van der Waals surface area contributed by atoms with E-state index in [2.05, 4.69) is 5.32 Å². The van der Waals surface area contributed by atoms with E-state index in [1.54, 1.807) is 36.4 Å². The monoisotopic (exact) mass is 643 g/mol. The average Bonchev–Trinajstić information content (AvgIpc) is 3.41. The minimum absolute atomic E-state index is 0.252. The Hall–Kier alpha value is -3.64. The number of nitrogens with zero attached hydrogens (tertiary/aromatic N) is 2. The third kappa shape index (κ3) is 4.90. The fourth-order valence-corrected chi connectivity index (χ4v) is 8.34. The molecular weight excluding hydrogens is 624 g/mol. The van der Waals surface area contributed by atoms with Crippen LogP contribution in [0.1, 0.15) is 16.4 Å². The molecule has 13 heteroatoms. The Morgan fingerprint density at radius 1 is 1.00 bits per heavy atom. The fraction of sp³-hybridized carbons (Fsp3) is 0.172. The van der Waals surface area contributed by atoms with E-state index in [-0.39, 0.29) is 17.3 Å². The van der Waals surface area contributed by atoms with Crippen LogP contribution in [0.25, 0.3) is 0 Å². The molecular formula is C29H20Cl2FN3O5S2. The van der Waals surface area contributed by atoms with Crippen LogP contribution < -0.4 is 19.8 Å². The quantitative estimate of drug-likeness (QED) is 0.267. The molecule has 214 valence electrons. The van der Waals surface area contributed by atoms with Gasteiger partial charge in [-0.3, -0.25) is 23.7 Å². The van der Waals surface area contributed by atoms with Crippen molar-refractivity contribution in [1.82, 2.24) is 4.57 Å². The molecule has 2 aliphatic heterocycles. The van der Waals surface area contributed by atoms with E-state index >= 15 is 0 Å². The SMILES string of the molecule is COc1ccccc1[C@H]1c2sc(=O)n(CC(=O)Nc3ccc(Cl)c(Cl)c3)c2SC2C(=O)N(c3ccc(F)cc3)C(=O)C21. The van der Waals surface area contributed by atoms with E-state index < -0.39 is 45.5 Å². The number of halogens is 3. The Morgan fingerprint density at radius 3 is 2.45 bits per heavy atom. The Balaban J connectivity index is 1.42. The Kier molecular flexibility index (Phi) is 7.61. The van der Waals surface area contributed by atoms with Crippen molar-refractivity contribution >= 4 is 75.4 Å². The highest BCUT2D eigenvalue weighted by Gasteiger charge is 2.57. The third-order valence-electron chi connectivity index (χ3n) is 7.11. The number of aromatic nitrogens is 1. The second-order valence-corrected chi connectivity index (χ2v) is 12.5. The number of fused-ring (bicyclic) bond motifs is 2. The van der Waals surface area contributed by atoms with Crippen molar-refractivity contribution in [2.24, 2.45) is 5.92 Å². The molecule has 4 aromatic rings. The van der Waals surface area contributed by atoms with Crippen LogP contribution in [0.4, 0.5) is 15.8 Å². The lowest BCUT2D eigenvalue weighted by Gasteiger charge is -2.31. The van der Waals surface area contributed by atoms with E-state index in [0.29, 0.717) is 31.9 Å². The smallest absolute Gasteiger partial charge is 0.308 e. The lowest BCUT2D eigenvalue weighted by molar-refractivity contribution is -0.122. The molecule has 42 heavy (non-hydrogen) atoms. The molecule has 3 atom stereocenters. The number of ether oxygens (including phenoxy) is 1. The van der Waals surface area contributed by atoms with Crippen molar-refractivity contribution in [3.8, 4) is 5.75 Å². The van der Waals surface area contributed by atoms with E-state index in [1.165, 1.54) is 42.0 Å². The highest BCUT2D eigenvalue weighted by atomic mass is 35.5. The van der Waals surface area contributed by atoms with Gasteiger partial charge in [-0.2, -0.15) is 0 Å². The molecule has 8 nitrogen and oxygen atoms in total. The molecule has 0 bridgehead atoms. The summed E-state index contributed by atoms with van der Waals surface area (Å²) in [5, 5.41) is 2.83. The van der Waals surface area contributed by atoms with Gasteiger partial charge in [0.2, 0.25) is 17.7 Å². The molecule has 2 unspecified atom stereocenters. The number of methoxy groups -OCH3 is 1. The molecule has 3 aromatic carbocycles. The summed E-state index contributed by atoms with van der Waals surface area (Å²) >= 11 is 14.0. The van der Waals surface area contributed by atoms with Crippen molar-refractivity contribution < 1.29 is 23.5 Å². The lowest BCUT2D eigenvalue weighted by atomic mass is 9.82. The Bertz CT molecular complexity index is 1810. The van der Waals surface area contributed by atoms with Crippen molar-refractivity contribution in [3.63, 3.8) is 0 Å². The summed E-state index contributed by atoms with van der Waals surface area (Å²) in [6.45, 7) is -0.336. The van der Waals surface area contributed by atoms with Crippen LogP contribution in [0.3, 0.4) is 0 Å². The molecule has 3 amide bonds. The summed E-state index contributed by atoms with van der Waals surface area (Å²) in [6, 6.07) is 16.9. The number of rotatable bonds is 6. The number of hydrogen-bond donors (Lipinski definition) is 1. The molecule has 1 fully saturated rings. The number of para-hydroxylation sites is 1. The zero-order chi connectivity index (χ0) is 29.7. The van der Waals surface area contributed by atoms with Crippen LogP contribution in [0, 0.1) is 11.7 Å². The maximum atomic E-state index is 13.9. The van der Waals surface area contributed by atoms with Gasteiger partial charge in [-0.25, -0.2) is 9.29 Å². The van der Waals surface area contributed by atoms with Gasteiger partial charge in [-0.05, 0) is 48.5 Å². The first-order valence-corrected chi connectivity index (χ1v) is 15.0. The Morgan fingerprint density at radius 2 is 1.74 bits per heavy atom. The first-order valence-electron chi connectivity index (χ1n) is 12.6. The molecule has 1 N–H and O–H groups in total. The topological polar surface area (TPSA) is 97.7 Å². The predicted octanol–water partition coefficient (Wildman–Crippen LogP) is 5.80. The van der Waals surface area contributed by atoms with Crippen LogP contribution in [-0.2, 0) is 20.9 Å². The van der Waals surface area contributed by atoms with Crippen molar-refractivity contribution in [3.05, 3.63) is 103 Å². The highest BCUT2D eigenvalue weighted by Crippen LogP contribution is 2.55. The molecule has 0 spiro atoms. The highest BCUT2D eigenvalue weighted by molar-refractivity contribution is 8.00. The maximum absolute atomic E-state index is 13.9. The molecule has 0 radical (unpaired) electrons. The number of thiazole rings is 1. The van der Waals surface area contributed by atoms with Crippen LogP contribution in [0.2, 0.25) is 10.0 Å². The first-order chi connectivity index (χ1) is 20.2. The summed E-state index contributed by atoms with van der Waals surface area (Å²) in [5.41, 5.74) is 1.28. The Labute approximate surface area is 257 Å². The van der Waals surface area contributed by atoms with Gasteiger partial charge in [-0.15, -0.1) is 0 Å². The molecule has 0 aliphatic carbocycles. The standard InChI is InChI=1S/C29H20Cl2FN3O5S2/c1-40-20-5-3-2-4-17(20)22-23-24(27(38)35(26(23)37)16-9-6-14(32)7-10-16)41-28-25(22)42-29(39)34(28)13-21(36)33-15-8-11-18(30)19(31)12-15/h2-12,22-24H,13H2,1H3,(H,33,36)/t22-,23?,24?/m1/s1. The molecule has 1 aromatic heterocycles. The average molecular weight is 645 g/mol. The van der Waals surface area contributed by atoms with E-state index in [1.807, 2.05) is 0 Å². The largest absolute Gasteiger partial charge is 0.496 e. The van der Waals surface area contributed by atoms with Crippen molar-refractivity contribution in [1.29, 1.82) is 0 Å². The number of thioether (sulfide) groups is 1. The van der Waals surface area contributed by atoms with Gasteiger partial charge in [0.15, 0.2) is 0 Å². The maximum Gasteiger partial charge on any atom is 0.308 e. The number of carbonyl (C=O) groups is 3. The van der Waals surface area contributed by atoms with E-state index in [4.69, 9.17) is 27.9 Å². The normalized spacial score (nSPS) is 19.4. The predicted molar refractivity (Wildman–Crippen MR) is 161 cm³/mol. The number of carbonyl (C=O) groups excluding carboxylic acids is 3. The van der Waals surface area contributed by atoms with Gasteiger partial charge in [-0.1, -0.05) is 64.5 Å². The fourth-order valence-electron chi connectivity index (χ4n) is 5.28. The minimum atomic E-state index is -0.900.